The number of aliphatic hydroxyl groups excluding tert-OH is 3. The molecule has 0 aliphatic carbocycles. The molecule has 5 heteroatoms. The van der Waals surface area contributed by atoms with Gasteiger partial charge in [-0.1, -0.05) is 80.5 Å². The standard InChI is InChI=1S/C22H34O5/c1-2-3-9-14-19(23)15-10-6-4-5-7-11-16-20(24)21(25)17-12-8-13-18-22(26)27/h3-7,9-11,15-16,19-21,23-25H,2,8,12-14,17-18H2,1H3,(H,26,27)/b6-4+,7-5?,9-3-,15-10+,16-11?/t19-,20?,21-/m0/s1. The van der Waals surface area contributed by atoms with Gasteiger partial charge in [0.2, 0.25) is 0 Å². The van der Waals surface area contributed by atoms with Crippen molar-refractivity contribution in [2.75, 3.05) is 0 Å². The van der Waals surface area contributed by atoms with E-state index in [1.165, 1.54) is 6.08 Å². The number of carbonyl (C=O) groups is 1. The van der Waals surface area contributed by atoms with Crippen LogP contribution in [-0.4, -0.2) is 44.7 Å². The zero-order valence-electron chi connectivity index (χ0n) is 16.2. The average Bonchev–Trinajstić information content (AvgIpc) is 2.63. The van der Waals surface area contributed by atoms with Gasteiger partial charge in [0.15, 0.2) is 0 Å². The molecule has 0 saturated heterocycles. The Balaban J connectivity index is 3.96. The van der Waals surface area contributed by atoms with Crippen molar-refractivity contribution in [2.45, 2.75) is 70.2 Å². The van der Waals surface area contributed by atoms with Crippen LogP contribution in [0.1, 0.15) is 51.9 Å². The smallest absolute Gasteiger partial charge is 0.303 e. The van der Waals surface area contributed by atoms with Gasteiger partial charge in [0.25, 0.3) is 0 Å². The van der Waals surface area contributed by atoms with Crippen molar-refractivity contribution in [2.24, 2.45) is 0 Å². The Labute approximate surface area is 162 Å². The normalized spacial score (nSPS) is 16.3. The van der Waals surface area contributed by atoms with Crippen molar-refractivity contribution in [3.05, 3.63) is 60.8 Å². The van der Waals surface area contributed by atoms with Crippen molar-refractivity contribution >= 4 is 5.97 Å². The molecule has 152 valence electrons. The second-order valence-corrected chi connectivity index (χ2v) is 6.27. The van der Waals surface area contributed by atoms with E-state index in [1.807, 2.05) is 19.1 Å². The maximum Gasteiger partial charge on any atom is 0.303 e. The molecule has 0 heterocycles. The van der Waals surface area contributed by atoms with Gasteiger partial charge >= 0.3 is 5.97 Å². The summed E-state index contributed by atoms with van der Waals surface area (Å²) in [7, 11) is 0. The first kappa shape index (κ1) is 25.1. The molecule has 0 fully saturated rings. The fraction of sp³-hybridized carbons (Fsp3) is 0.500. The molecule has 3 atom stereocenters. The highest BCUT2D eigenvalue weighted by Gasteiger charge is 2.12. The summed E-state index contributed by atoms with van der Waals surface area (Å²) in [5.41, 5.74) is 0. The van der Waals surface area contributed by atoms with E-state index in [-0.39, 0.29) is 6.42 Å². The van der Waals surface area contributed by atoms with Crippen molar-refractivity contribution in [3.63, 3.8) is 0 Å². The van der Waals surface area contributed by atoms with Gasteiger partial charge in [-0.05, 0) is 25.7 Å². The van der Waals surface area contributed by atoms with Gasteiger partial charge in [0.05, 0.1) is 18.3 Å². The van der Waals surface area contributed by atoms with E-state index in [9.17, 15) is 20.1 Å². The topological polar surface area (TPSA) is 98.0 Å². The quantitative estimate of drug-likeness (QED) is 0.198. The number of unbranched alkanes of at least 4 members (excludes halogenated alkanes) is 2. The number of aliphatic carboxylic acids is 1. The summed E-state index contributed by atoms with van der Waals surface area (Å²) in [5.74, 6) is -0.810. The number of allylic oxidation sites excluding steroid dienone is 7. The summed E-state index contributed by atoms with van der Waals surface area (Å²) in [4.78, 5) is 10.4. The number of rotatable bonds is 15. The van der Waals surface area contributed by atoms with Crippen molar-refractivity contribution in [3.8, 4) is 0 Å². The van der Waals surface area contributed by atoms with Crippen LogP contribution in [0.25, 0.3) is 0 Å². The monoisotopic (exact) mass is 378 g/mol. The van der Waals surface area contributed by atoms with Crippen LogP contribution in [-0.2, 0) is 4.79 Å². The van der Waals surface area contributed by atoms with E-state index in [0.717, 1.165) is 12.8 Å². The van der Waals surface area contributed by atoms with Gasteiger partial charge in [-0.25, -0.2) is 0 Å². The van der Waals surface area contributed by atoms with Gasteiger partial charge in [-0.3, -0.25) is 4.79 Å². The van der Waals surface area contributed by atoms with E-state index < -0.39 is 24.3 Å². The SMILES string of the molecule is CC/C=C\C[C@H](O)/C=C/C=C/C=CC=CC(O)[C@@H](O)CCCCCC(=O)O. The van der Waals surface area contributed by atoms with Gasteiger partial charge in [0.1, 0.15) is 0 Å². The van der Waals surface area contributed by atoms with Crippen LogP contribution in [0.3, 0.4) is 0 Å². The van der Waals surface area contributed by atoms with Crippen LogP contribution in [0.15, 0.2) is 60.8 Å². The third-order valence-electron chi connectivity index (χ3n) is 3.76. The van der Waals surface area contributed by atoms with E-state index in [0.29, 0.717) is 25.7 Å². The average molecular weight is 379 g/mol. The first-order chi connectivity index (χ1) is 13.0. The first-order valence-electron chi connectivity index (χ1n) is 9.56. The van der Waals surface area contributed by atoms with Gasteiger partial charge < -0.3 is 20.4 Å². The maximum absolute atomic E-state index is 10.4. The van der Waals surface area contributed by atoms with Crippen molar-refractivity contribution in [1.82, 2.24) is 0 Å². The molecule has 0 amide bonds. The second-order valence-electron chi connectivity index (χ2n) is 6.27. The molecule has 0 spiro atoms. The van der Waals surface area contributed by atoms with Gasteiger partial charge in [-0.15, -0.1) is 0 Å². The third kappa shape index (κ3) is 17.2. The molecule has 27 heavy (non-hydrogen) atoms. The van der Waals surface area contributed by atoms with E-state index in [2.05, 4.69) is 0 Å². The first-order valence-corrected chi connectivity index (χ1v) is 9.56. The molecule has 0 aliphatic rings. The number of hydrogen-bond acceptors (Lipinski definition) is 4. The lowest BCUT2D eigenvalue weighted by molar-refractivity contribution is -0.137. The zero-order chi connectivity index (χ0) is 20.3. The molecule has 0 aromatic carbocycles. The Morgan fingerprint density at radius 1 is 0.852 bits per heavy atom. The predicted molar refractivity (Wildman–Crippen MR) is 109 cm³/mol. The third-order valence-corrected chi connectivity index (χ3v) is 3.76. The van der Waals surface area contributed by atoms with Crippen LogP contribution in [0.5, 0.6) is 0 Å². The number of carboxylic acids is 1. The largest absolute Gasteiger partial charge is 0.481 e. The minimum Gasteiger partial charge on any atom is -0.481 e. The molecule has 5 nitrogen and oxygen atoms in total. The van der Waals surface area contributed by atoms with E-state index >= 15 is 0 Å². The fourth-order valence-corrected chi connectivity index (χ4v) is 2.21. The maximum atomic E-state index is 10.4. The highest BCUT2D eigenvalue weighted by atomic mass is 16.4. The summed E-state index contributed by atoms with van der Waals surface area (Å²) in [5, 5.41) is 37.9. The van der Waals surface area contributed by atoms with Crippen LogP contribution in [0, 0.1) is 0 Å². The summed E-state index contributed by atoms with van der Waals surface area (Å²) in [6, 6.07) is 0. The molecule has 0 bridgehead atoms. The molecule has 1 unspecified atom stereocenters. The molecule has 0 aromatic heterocycles. The minimum absolute atomic E-state index is 0.140. The highest BCUT2D eigenvalue weighted by Crippen LogP contribution is 2.09. The van der Waals surface area contributed by atoms with Crippen LogP contribution in [0.2, 0.25) is 0 Å². The highest BCUT2D eigenvalue weighted by molar-refractivity contribution is 5.66. The van der Waals surface area contributed by atoms with Crippen molar-refractivity contribution in [1.29, 1.82) is 0 Å². The van der Waals surface area contributed by atoms with Gasteiger partial charge in [-0.2, -0.15) is 0 Å². The summed E-state index contributed by atoms with van der Waals surface area (Å²) >= 11 is 0. The summed E-state index contributed by atoms with van der Waals surface area (Å²) in [6.07, 6.45) is 19.7. The molecular formula is C22H34O5. The number of aliphatic hydroxyl groups is 3. The van der Waals surface area contributed by atoms with E-state index in [4.69, 9.17) is 5.11 Å². The lowest BCUT2D eigenvalue weighted by atomic mass is 10.0. The fourth-order valence-electron chi connectivity index (χ4n) is 2.21. The molecular weight excluding hydrogens is 344 g/mol. The molecule has 0 saturated carbocycles. The van der Waals surface area contributed by atoms with Crippen LogP contribution >= 0.6 is 0 Å². The van der Waals surface area contributed by atoms with E-state index in [1.54, 1.807) is 42.5 Å². The molecule has 0 aromatic rings. The number of hydrogen-bond donors (Lipinski definition) is 4. The Morgan fingerprint density at radius 2 is 1.48 bits per heavy atom. The lowest BCUT2D eigenvalue weighted by Gasteiger charge is -2.13. The lowest BCUT2D eigenvalue weighted by Crippen LogP contribution is -2.23. The Morgan fingerprint density at radius 3 is 2.11 bits per heavy atom. The second kappa shape index (κ2) is 17.5. The minimum atomic E-state index is -0.940. The number of carboxylic acid groups (broad SMARTS) is 1. The Kier molecular flexibility index (Phi) is 16.2. The van der Waals surface area contributed by atoms with Gasteiger partial charge in [0, 0.05) is 6.42 Å². The Bertz CT molecular complexity index is 517. The van der Waals surface area contributed by atoms with Crippen molar-refractivity contribution < 1.29 is 25.2 Å². The summed E-state index contributed by atoms with van der Waals surface area (Å²) < 4.78 is 0. The Hall–Kier alpha value is -1.95. The molecule has 0 rings (SSSR count). The summed E-state index contributed by atoms with van der Waals surface area (Å²) in [6.45, 7) is 2.05. The predicted octanol–water partition coefficient (Wildman–Crippen LogP) is 3.69. The molecule has 4 N–H and O–H groups in total. The zero-order valence-corrected chi connectivity index (χ0v) is 16.2. The molecule has 0 aliphatic heterocycles. The molecule has 0 radical (unpaired) electrons. The van der Waals surface area contributed by atoms with Crippen LogP contribution < -0.4 is 0 Å². The van der Waals surface area contributed by atoms with Crippen LogP contribution in [0.4, 0.5) is 0 Å².